The summed E-state index contributed by atoms with van der Waals surface area (Å²) in [7, 11) is 0. The van der Waals surface area contributed by atoms with Gasteiger partial charge in [-0.2, -0.15) is 8.94 Å². The first-order valence-corrected chi connectivity index (χ1v) is 9.02. The SMILES string of the molecule is CCCCn1c(=O)n(CC)c(=O)c2c1ncn2Oc1ccc(C)cc1.O=S. The van der Waals surface area contributed by atoms with Crippen molar-refractivity contribution in [3.63, 3.8) is 0 Å². The van der Waals surface area contributed by atoms with Gasteiger partial charge in [-0.1, -0.05) is 31.0 Å². The van der Waals surface area contributed by atoms with Crippen LogP contribution in [-0.4, -0.2) is 23.1 Å². The van der Waals surface area contributed by atoms with E-state index in [1.54, 1.807) is 11.5 Å². The van der Waals surface area contributed by atoms with Crippen LogP contribution in [0, 0.1) is 6.92 Å². The van der Waals surface area contributed by atoms with E-state index in [1.807, 2.05) is 31.2 Å². The highest BCUT2D eigenvalue weighted by molar-refractivity contribution is 7.44. The van der Waals surface area contributed by atoms with Crippen LogP contribution in [0.5, 0.6) is 5.75 Å². The Balaban J connectivity index is 0.00000126. The molecule has 8 nitrogen and oxygen atoms in total. The quantitative estimate of drug-likeness (QED) is 0.640. The summed E-state index contributed by atoms with van der Waals surface area (Å²) >= 11 is 2.83. The van der Waals surface area contributed by atoms with E-state index >= 15 is 0 Å². The van der Waals surface area contributed by atoms with Crippen molar-refractivity contribution in [2.75, 3.05) is 0 Å². The molecule has 0 atom stereocenters. The predicted molar refractivity (Wildman–Crippen MR) is 104 cm³/mol. The van der Waals surface area contributed by atoms with E-state index in [2.05, 4.69) is 24.4 Å². The van der Waals surface area contributed by atoms with Gasteiger partial charge < -0.3 is 4.84 Å². The number of aryl methyl sites for hydroxylation is 2. The van der Waals surface area contributed by atoms with Crippen LogP contribution in [0.2, 0.25) is 0 Å². The molecule has 2 aromatic heterocycles. The number of rotatable bonds is 6. The highest BCUT2D eigenvalue weighted by Crippen LogP contribution is 2.15. The van der Waals surface area contributed by atoms with Crippen LogP contribution in [0.15, 0.2) is 40.2 Å². The fourth-order valence-corrected chi connectivity index (χ4v) is 2.74. The molecule has 3 rings (SSSR count). The normalized spacial score (nSPS) is 10.5. The lowest BCUT2D eigenvalue weighted by Gasteiger charge is -2.11. The van der Waals surface area contributed by atoms with Crippen molar-refractivity contribution < 1.29 is 9.05 Å². The first-order valence-electron chi connectivity index (χ1n) is 8.69. The van der Waals surface area contributed by atoms with Crippen molar-refractivity contribution in [1.29, 1.82) is 0 Å². The van der Waals surface area contributed by atoms with Crippen LogP contribution in [0.3, 0.4) is 0 Å². The van der Waals surface area contributed by atoms with Crippen molar-refractivity contribution in [2.24, 2.45) is 0 Å². The van der Waals surface area contributed by atoms with Crippen molar-refractivity contribution in [3.05, 3.63) is 57.0 Å². The summed E-state index contributed by atoms with van der Waals surface area (Å²) < 4.78 is 11.9. The maximum absolute atomic E-state index is 12.7. The van der Waals surface area contributed by atoms with Crippen molar-refractivity contribution in [2.45, 2.75) is 46.7 Å². The summed E-state index contributed by atoms with van der Waals surface area (Å²) in [6.45, 7) is 6.64. The van der Waals surface area contributed by atoms with Gasteiger partial charge in [0.1, 0.15) is 6.33 Å². The van der Waals surface area contributed by atoms with Gasteiger partial charge in [0, 0.05) is 13.1 Å². The first-order chi connectivity index (χ1) is 13.1. The standard InChI is InChI=1S/C18H22N4O3.OS/c1-4-6-11-21-16-15(17(23)20(5-2)18(21)24)22(12-19-16)25-14-9-7-13(3)8-10-14;1-2/h7-10,12H,4-6,11H2,1-3H3;. The Morgan fingerprint density at radius 3 is 2.33 bits per heavy atom. The number of unbranched alkanes of at least 4 members (excludes halogenated alkanes) is 1. The third-order valence-corrected chi connectivity index (χ3v) is 4.16. The summed E-state index contributed by atoms with van der Waals surface area (Å²) in [5.41, 5.74) is 1.04. The molecular weight excluding hydrogens is 368 g/mol. The average molecular weight is 390 g/mol. The van der Waals surface area contributed by atoms with Crippen molar-refractivity contribution in [3.8, 4) is 5.75 Å². The Morgan fingerprint density at radius 1 is 1.07 bits per heavy atom. The molecule has 0 amide bonds. The number of hydrogen-bond donors (Lipinski definition) is 0. The molecule has 0 aliphatic carbocycles. The van der Waals surface area contributed by atoms with Crippen molar-refractivity contribution >= 4 is 23.7 Å². The summed E-state index contributed by atoms with van der Waals surface area (Å²) in [5, 5.41) is 0. The first kappa shape index (κ1) is 20.5. The van der Waals surface area contributed by atoms with Gasteiger partial charge in [-0.15, -0.1) is 0 Å². The van der Waals surface area contributed by atoms with Crippen LogP contribution in [0.4, 0.5) is 0 Å². The Kier molecular flexibility index (Phi) is 7.00. The molecular formula is C18H22N4O4S. The molecule has 0 saturated carbocycles. The molecule has 27 heavy (non-hydrogen) atoms. The van der Waals surface area contributed by atoms with E-state index in [9.17, 15) is 9.59 Å². The topological polar surface area (TPSA) is 88.1 Å². The van der Waals surface area contributed by atoms with Crippen LogP contribution in [0.1, 0.15) is 32.3 Å². The molecule has 1 aromatic carbocycles. The monoisotopic (exact) mass is 390 g/mol. The van der Waals surface area contributed by atoms with Gasteiger partial charge >= 0.3 is 5.69 Å². The third kappa shape index (κ3) is 4.13. The number of imidazole rings is 1. The van der Waals surface area contributed by atoms with E-state index < -0.39 is 0 Å². The lowest BCUT2D eigenvalue weighted by molar-refractivity contribution is 0.226. The fourth-order valence-electron chi connectivity index (χ4n) is 2.74. The Bertz CT molecular complexity index is 1020. The van der Waals surface area contributed by atoms with Gasteiger partial charge in [-0.3, -0.25) is 13.9 Å². The Morgan fingerprint density at radius 2 is 1.74 bits per heavy atom. The molecule has 9 heteroatoms. The molecule has 0 aliphatic rings. The summed E-state index contributed by atoms with van der Waals surface area (Å²) in [4.78, 5) is 35.4. The summed E-state index contributed by atoms with van der Waals surface area (Å²) in [6, 6.07) is 7.51. The van der Waals surface area contributed by atoms with E-state index in [1.165, 1.54) is 15.6 Å². The number of benzene rings is 1. The second-order valence-electron chi connectivity index (χ2n) is 5.98. The fraction of sp³-hybridized carbons (Fsp3) is 0.389. The van der Waals surface area contributed by atoms with E-state index in [0.717, 1.165) is 18.4 Å². The number of hydrogen-bond acceptors (Lipinski definition) is 6. The van der Waals surface area contributed by atoms with Crippen LogP contribution in [0.25, 0.3) is 11.2 Å². The second kappa shape index (κ2) is 9.22. The van der Waals surface area contributed by atoms with Gasteiger partial charge in [0.25, 0.3) is 5.56 Å². The van der Waals surface area contributed by atoms with Crippen LogP contribution in [-0.2, 0) is 25.6 Å². The smallest absolute Gasteiger partial charge is 0.332 e. The zero-order valence-electron chi connectivity index (χ0n) is 15.5. The maximum Gasteiger partial charge on any atom is 0.332 e. The number of nitrogens with zero attached hydrogens (tertiary/aromatic N) is 4. The van der Waals surface area contributed by atoms with Crippen LogP contribution >= 0.6 is 0 Å². The lowest BCUT2D eigenvalue weighted by Crippen LogP contribution is -2.40. The molecule has 2 heterocycles. The Labute approximate surface area is 161 Å². The molecule has 0 N–H and O–H groups in total. The minimum absolute atomic E-state index is 0.276. The third-order valence-electron chi connectivity index (χ3n) is 4.16. The van der Waals surface area contributed by atoms with Gasteiger partial charge in [0.05, 0.1) is 0 Å². The van der Waals surface area contributed by atoms with E-state index in [0.29, 0.717) is 24.5 Å². The molecule has 3 aromatic rings. The molecule has 0 saturated heterocycles. The minimum atomic E-state index is -0.389. The molecule has 0 fully saturated rings. The molecule has 0 aliphatic heterocycles. The lowest BCUT2D eigenvalue weighted by atomic mass is 10.2. The van der Waals surface area contributed by atoms with Crippen molar-refractivity contribution in [1.82, 2.24) is 18.8 Å². The van der Waals surface area contributed by atoms with Gasteiger partial charge in [0.15, 0.2) is 29.4 Å². The molecule has 0 bridgehead atoms. The summed E-state index contributed by atoms with van der Waals surface area (Å²) in [6.07, 6.45) is 3.22. The molecule has 0 unspecified atom stereocenters. The van der Waals surface area contributed by atoms with E-state index in [-0.39, 0.29) is 16.8 Å². The zero-order valence-corrected chi connectivity index (χ0v) is 16.4. The van der Waals surface area contributed by atoms with Crippen LogP contribution < -0.4 is 16.1 Å². The largest absolute Gasteiger partial charge is 0.373 e. The van der Waals surface area contributed by atoms with Gasteiger partial charge in [0.2, 0.25) is 0 Å². The molecule has 0 radical (unpaired) electrons. The molecule has 144 valence electrons. The highest BCUT2D eigenvalue weighted by atomic mass is 32.1. The second-order valence-corrected chi connectivity index (χ2v) is 5.98. The number of fused-ring (bicyclic) bond motifs is 1. The highest BCUT2D eigenvalue weighted by Gasteiger charge is 2.18. The zero-order chi connectivity index (χ0) is 20.0. The predicted octanol–water partition coefficient (Wildman–Crippen LogP) is 1.99. The van der Waals surface area contributed by atoms with Gasteiger partial charge in [-0.25, -0.2) is 9.78 Å². The number of aromatic nitrogens is 4. The minimum Gasteiger partial charge on any atom is -0.373 e. The summed E-state index contributed by atoms with van der Waals surface area (Å²) in [5.74, 6) is 0.596. The molecule has 0 spiro atoms. The van der Waals surface area contributed by atoms with E-state index in [4.69, 9.17) is 9.05 Å². The maximum atomic E-state index is 12.7. The van der Waals surface area contributed by atoms with Gasteiger partial charge in [-0.05, 0) is 32.4 Å². The average Bonchev–Trinajstić information content (AvgIpc) is 3.09. The Hall–Kier alpha value is -2.81.